The molecule has 2 aromatic carbocycles. The molecule has 1 amide bonds. The maximum absolute atomic E-state index is 13.4. The van der Waals surface area contributed by atoms with Crippen molar-refractivity contribution in [1.29, 1.82) is 0 Å². The highest BCUT2D eigenvalue weighted by Crippen LogP contribution is 2.45. The van der Waals surface area contributed by atoms with Crippen LogP contribution >= 0.6 is 11.3 Å². The molecule has 1 unspecified atom stereocenters. The van der Waals surface area contributed by atoms with Crippen molar-refractivity contribution < 1.29 is 28.8 Å². The van der Waals surface area contributed by atoms with Gasteiger partial charge >= 0.3 is 0 Å². The number of furan rings is 1. The van der Waals surface area contributed by atoms with Crippen LogP contribution in [0.5, 0.6) is 5.75 Å². The summed E-state index contributed by atoms with van der Waals surface area (Å²) in [5.74, 6) is -1.31. The van der Waals surface area contributed by atoms with Crippen molar-refractivity contribution in [2.45, 2.75) is 13.0 Å². The Morgan fingerprint density at radius 3 is 2.71 bits per heavy atom. The molecular formula is C24H17N3O7S. The second-order valence-electron chi connectivity index (χ2n) is 7.76. The number of aryl methyl sites for hydroxylation is 1. The monoisotopic (exact) mass is 491 g/mol. The molecule has 5 rings (SSSR count). The first-order valence-electron chi connectivity index (χ1n) is 10.3. The Bertz CT molecular complexity index is 1550. The highest BCUT2D eigenvalue weighted by atomic mass is 32.1. The van der Waals surface area contributed by atoms with Crippen LogP contribution < -0.4 is 9.64 Å². The molecule has 0 fully saturated rings. The summed E-state index contributed by atoms with van der Waals surface area (Å²) in [6.45, 7) is 1.66. The second kappa shape index (κ2) is 8.37. The Morgan fingerprint density at radius 1 is 1.23 bits per heavy atom. The van der Waals surface area contributed by atoms with Crippen molar-refractivity contribution in [2.24, 2.45) is 0 Å². The van der Waals surface area contributed by atoms with Gasteiger partial charge in [-0.25, -0.2) is 4.98 Å². The number of nitrogens with zero attached hydrogens (tertiary/aromatic N) is 3. The summed E-state index contributed by atoms with van der Waals surface area (Å²) < 4.78 is 11.4. The van der Waals surface area contributed by atoms with Crippen LogP contribution in [0, 0.1) is 17.0 Å². The predicted molar refractivity (Wildman–Crippen MR) is 127 cm³/mol. The predicted octanol–water partition coefficient (Wildman–Crippen LogP) is 4.90. The fourth-order valence-corrected chi connectivity index (χ4v) is 4.99. The molecule has 1 atom stereocenters. The first-order chi connectivity index (χ1) is 16.8. The molecule has 11 heteroatoms. The Morgan fingerprint density at radius 2 is 2.03 bits per heavy atom. The summed E-state index contributed by atoms with van der Waals surface area (Å²) >= 11 is 1.16. The molecular weight excluding hydrogens is 474 g/mol. The Hall–Kier alpha value is -4.51. The van der Waals surface area contributed by atoms with E-state index in [-0.39, 0.29) is 27.7 Å². The van der Waals surface area contributed by atoms with E-state index < -0.39 is 28.4 Å². The van der Waals surface area contributed by atoms with E-state index in [1.54, 1.807) is 37.3 Å². The van der Waals surface area contributed by atoms with Gasteiger partial charge in [-0.1, -0.05) is 23.5 Å². The number of hydrogen-bond acceptors (Lipinski definition) is 9. The van der Waals surface area contributed by atoms with Crippen molar-refractivity contribution in [1.82, 2.24) is 4.98 Å². The summed E-state index contributed by atoms with van der Waals surface area (Å²) in [6.07, 6.45) is 0. The number of rotatable bonds is 6. The molecule has 0 spiro atoms. The fraction of sp³-hybridized carbons (Fsp3) is 0.125. The zero-order valence-corrected chi connectivity index (χ0v) is 19.2. The summed E-state index contributed by atoms with van der Waals surface area (Å²) in [7, 11) is 1.53. The number of fused-ring (bicyclic) bond motifs is 1. The minimum absolute atomic E-state index is 0.0665. The van der Waals surface area contributed by atoms with Crippen molar-refractivity contribution in [3.63, 3.8) is 0 Å². The number of ketones is 1. The summed E-state index contributed by atoms with van der Waals surface area (Å²) in [5, 5.41) is 22.5. The lowest BCUT2D eigenvalue weighted by Crippen LogP contribution is -2.31. The van der Waals surface area contributed by atoms with E-state index >= 15 is 0 Å². The molecule has 0 saturated carbocycles. The summed E-state index contributed by atoms with van der Waals surface area (Å²) in [4.78, 5) is 43.2. The first kappa shape index (κ1) is 22.3. The molecule has 0 bridgehead atoms. The topological polar surface area (TPSA) is 136 Å². The van der Waals surface area contributed by atoms with Gasteiger partial charge in [0.25, 0.3) is 11.6 Å². The van der Waals surface area contributed by atoms with Crippen LogP contribution in [0.3, 0.4) is 0 Å². The van der Waals surface area contributed by atoms with Crippen molar-refractivity contribution in [2.75, 3.05) is 12.0 Å². The fourth-order valence-electron chi connectivity index (χ4n) is 3.97. The van der Waals surface area contributed by atoms with Gasteiger partial charge in [0.2, 0.25) is 5.78 Å². The van der Waals surface area contributed by atoms with E-state index in [0.29, 0.717) is 21.7 Å². The van der Waals surface area contributed by atoms with Crippen LogP contribution in [0.1, 0.15) is 27.9 Å². The standard InChI is InChI=1S/C24H17N3O7S/c1-12-6-9-17(34-12)21(28)19-20(13-4-3-5-14(10-13)27(31)32)26(23(30)22(19)29)24-25-16-8-7-15(33-2)11-18(16)35-24/h3-11,20,29H,1-2H3. The number of amides is 1. The van der Waals surface area contributed by atoms with Gasteiger partial charge in [0.05, 0.1) is 33.9 Å². The highest BCUT2D eigenvalue weighted by Gasteiger charge is 2.46. The molecule has 2 aromatic heterocycles. The van der Waals surface area contributed by atoms with E-state index in [2.05, 4.69) is 4.98 Å². The molecule has 3 heterocycles. The minimum atomic E-state index is -1.16. The molecule has 10 nitrogen and oxygen atoms in total. The zero-order valence-electron chi connectivity index (χ0n) is 18.4. The minimum Gasteiger partial charge on any atom is -0.503 e. The van der Waals surface area contributed by atoms with E-state index in [0.717, 1.165) is 11.3 Å². The number of thiazole rings is 1. The second-order valence-corrected chi connectivity index (χ2v) is 8.77. The molecule has 0 saturated heterocycles. The van der Waals surface area contributed by atoms with Gasteiger partial charge in [-0.05, 0) is 42.8 Å². The van der Waals surface area contributed by atoms with Gasteiger partial charge in [0.15, 0.2) is 16.7 Å². The average Bonchev–Trinajstić information content (AvgIpc) is 3.54. The molecule has 4 aromatic rings. The van der Waals surface area contributed by atoms with Crippen molar-refractivity contribution in [3.8, 4) is 5.75 Å². The number of anilines is 1. The number of methoxy groups -OCH3 is 1. The summed E-state index contributed by atoms with van der Waals surface area (Å²) in [5.41, 5.74) is 0.370. The number of aliphatic hydroxyl groups excluding tert-OH is 1. The molecule has 1 N–H and O–H groups in total. The SMILES string of the molecule is COc1ccc2nc(N3C(=O)C(O)=C(C(=O)c4ccc(C)o4)C3c3cccc([N+](=O)[O-])c3)sc2c1. The molecule has 1 aliphatic heterocycles. The number of aliphatic hydroxyl groups is 1. The number of ether oxygens (including phenoxy) is 1. The number of carbonyl (C=O) groups is 2. The largest absolute Gasteiger partial charge is 0.503 e. The van der Waals surface area contributed by atoms with Crippen LogP contribution in [0.2, 0.25) is 0 Å². The number of aromatic nitrogens is 1. The van der Waals surface area contributed by atoms with Gasteiger partial charge in [0, 0.05) is 12.1 Å². The third-order valence-corrected chi connectivity index (χ3v) is 6.62. The van der Waals surface area contributed by atoms with Crippen LogP contribution in [0.4, 0.5) is 10.8 Å². The van der Waals surface area contributed by atoms with E-state index in [4.69, 9.17) is 9.15 Å². The molecule has 0 aliphatic carbocycles. The number of Topliss-reactive ketones (excluding diaryl/α,β-unsaturated/α-hetero) is 1. The number of hydrogen-bond donors (Lipinski definition) is 1. The van der Waals surface area contributed by atoms with Crippen LogP contribution in [0.15, 0.2) is 70.3 Å². The van der Waals surface area contributed by atoms with Gasteiger partial charge in [-0.2, -0.15) is 0 Å². The van der Waals surface area contributed by atoms with Gasteiger partial charge in [-0.15, -0.1) is 0 Å². The number of benzene rings is 2. The van der Waals surface area contributed by atoms with E-state index in [1.165, 1.54) is 36.3 Å². The maximum Gasteiger partial charge on any atom is 0.296 e. The molecule has 176 valence electrons. The lowest BCUT2D eigenvalue weighted by molar-refractivity contribution is -0.384. The van der Waals surface area contributed by atoms with Gasteiger partial charge in [-0.3, -0.25) is 24.6 Å². The van der Waals surface area contributed by atoms with E-state index in [9.17, 15) is 24.8 Å². The Labute approximate surface area is 201 Å². The number of carbonyl (C=O) groups excluding carboxylic acids is 2. The van der Waals surface area contributed by atoms with Crippen molar-refractivity contribution in [3.05, 3.63) is 93.1 Å². The quantitative estimate of drug-likeness (QED) is 0.229. The Kier molecular flexibility index (Phi) is 5.33. The molecule has 1 aliphatic rings. The number of nitro groups is 1. The third-order valence-electron chi connectivity index (χ3n) is 5.60. The maximum atomic E-state index is 13.4. The first-order valence-corrected chi connectivity index (χ1v) is 11.2. The normalized spacial score (nSPS) is 15.8. The zero-order chi connectivity index (χ0) is 24.9. The molecule has 35 heavy (non-hydrogen) atoms. The van der Waals surface area contributed by atoms with Crippen LogP contribution in [0.25, 0.3) is 10.2 Å². The third kappa shape index (κ3) is 3.71. The molecule has 0 radical (unpaired) electrons. The van der Waals surface area contributed by atoms with E-state index in [1.807, 2.05) is 0 Å². The van der Waals surface area contributed by atoms with Crippen LogP contribution in [-0.4, -0.2) is 33.8 Å². The highest BCUT2D eigenvalue weighted by molar-refractivity contribution is 7.22. The average molecular weight is 491 g/mol. The van der Waals surface area contributed by atoms with Gasteiger partial charge in [0.1, 0.15) is 11.5 Å². The van der Waals surface area contributed by atoms with Gasteiger partial charge < -0.3 is 14.3 Å². The lowest BCUT2D eigenvalue weighted by atomic mass is 9.95. The van der Waals surface area contributed by atoms with Crippen LogP contribution in [-0.2, 0) is 4.79 Å². The smallest absolute Gasteiger partial charge is 0.296 e. The number of non-ortho nitro benzene ring substituents is 1. The Balaban J connectivity index is 1.69. The van der Waals surface area contributed by atoms with Crippen molar-refractivity contribution >= 4 is 44.1 Å². The number of nitro benzene ring substituents is 1. The lowest BCUT2D eigenvalue weighted by Gasteiger charge is -2.24. The summed E-state index contributed by atoms with van der Waals surface area (Å²) in [6, 6.07) is 12.6.